The lowest BCUT2D eigenvalue weighted by Crippen LogP contribution is -2.05. The summed E-state index contributed by atoms with van der Waals surface area (Å²) in [4.78, 5) is 2.80. The van der Waals surface area contributed by atoms with Gasteiger partial charge in [-0.2, -0.15) is 4.39 Å². The van der Waals surface area contributed by atoms with Gasteiger partial charge in [0.25, 0.3) is 0 Å². The number of fused-ring (bicyclic) bond motifs is 3. The number of rotatable bonds is 1. The van der Waals surface area contributed by atoms with Crippen LogP contribution < -0.4 is 4.94 Å². The van der Waals surface area contributed by atoms with Gasteiger partial charge in [-0.3, -0.25) is 4.94 Å². The smallest absolute Gasteiger partial charge is 0.247 e. The molecule has 11 heteroatoms. The van der Waals surface area contributed by atoms with Crippen molar-refractivity contribution in [2.24, 2.45) is 0 Å². The molecule has 0 saturated carbocycles. The summed E-state index contributed by atoms with van der Waals surface area (Å²) in [6, 6.07) is 0. The second-order valence-corrected chi connectivity index (χ2v) is 4.77. The van der Waals surface area contributed by atoms with E-state index in [-0.39, 0.29) is 0 Å². The number of phenols is 1. The summed E-state index contributed by atoms with van der Waals surface area (Å²) in [5, 5.41) is 2.53. The molecule has 0 spiro atoms. The van der Waals surface area contributed by atoms with Crippen LogP contribution in [0.1, 0.15) is 0 Å². The van der Waals surface area contributed by atoms with Crippen molar-refractivity contribution >= 4 is 21.5 Å². The van der Waals surface area contributed by atoms with E-state index >= 15 is 0 Å². The highest BCUT2D eigenvalue weighted by atomic mass is 19.3. The largest absolute Gasteiger partial charge is 0.504 e. The Morgan fingerprint density at radius 1 is 0.480 bits per heavy atom. The second-order valence-electron chi connectivity index (χ2n) is 4.77. The van der Waals surface area contributed by atoms with Crippen LogP contribution in [0.4, 0.5) is 39.6 Å². The van der Waals surface area contributed by atoms with Crippen molar-refractivity contribution in [2.45, 2.75) is 0 Å². The van der Waals surface area contributed by atoms with Gasteiger partial charge in [0.2, 0.25) is 11.6 Å². The second kappa shape index (κ2) is 5.33. The van der Waals surface area contributed by atoms with Crippen molar-refractivity contribution in [1.29, 1.82) is 0 Å². The molecule has 0 saturated heterocycles. The Labute approximate surface area is 130 Å². The molecule has 0 atom stereocenters. The molecular formula is C14HF9O2. The molecule has 0 amide bonds. The van der Waals surface area contributed by atoms with E-state index in [1.807, 2.05) is 0 Å². The van der Waals surface area contributed by atoms with Crippen LogP contribution in [0.2, 0.25) is 0 Å². The quantitative estimate of drug-likeness (QED) is 0.280. The van der Waals surface area contributed by atoms with Crippen LogP contribution in [-0.4, -0.2) is 5.11 Å². The summed E-state index contributed by atoms with van der Waals surface area (Å²) in [5.41, 5.74) is 0. The minimum Gasteiger partial charge on any atom is -0.504 e. The molecule has 0 heterocycles. The molecule has 3 aromatic rings. The Morgan fingerprint density at radius 3 is 1.40 bits per heavy atom. The predicted octanol–water partition coefficient (Wildman–Crippen LogP) is 5.07. The van der Waals surface area contributed by atoms with Crippen LogP contribution in [0.3, 0.4) is 0 Å². The van der Waals surface area contributed by atoms with Crippen molar-refractivity contribution in [3.8, 4) is 11.5 Å². The number of hydrogen-bond acceptors (Lipinski definition) is 2. The number of phenolic OH excluding ortho intramolecular Hbond substituents is 1. The maximum Gasteiger partial charge on any atom is 0.247 e. The van der Waals surface area contributed by atoms with Gasteiger partial charge < -0.3 is 5.11 Å². The number of aromatic hydroxyl groups is 1. The van der Waals surface area contributed by atoms with Crippen LogP contribution in [0.25, 0.3) is 21.5 Å². The highest BCUT2D eigenvalue weighted by Crippen LogP contribution is 2.45. The van der Waals surface area contributed by atoms with Gasteiger partial charge in [-0.25, -0.2) is 30.7 Å². The van der Waals surface area contributed by atoms with E-state index in [0.717, 1.165) is 0 Å². The van der Waals surface area contributed by atoms with Crippen LogP contribution in [0.5, 0.6) is 11.5 Å². The van der Waals surface area contributed by atoms with Crippen molar-refractivity contribution in [3.05, 3.63) is 46.5 Å². The van der Waals surface area contributed by atoms with Crippen LogP contribution in [0.15, 0.2) is 0 Å². The van der Waals surface area contributed by atoms with Crippen molar-refractivity contribution in [3.63, 3.8) is 0 Å². The molecule has 3 rings (SSSR count). The Balaban J connectivity index is 2.85. The first-order valence-electron chi connectivity index (χ1n) is 6.09. The molecule has 0 unspecified atom stereocenters. The van der Waals surface area contributed by atoms with Gasteiger partial charge in [-0.1, -0.05) is 0 Å². The lowest BCUT2D eigenvalue weighted by molar-refractivity contribution is -0.0153. The maximum absolute atomic E-state index is 14.2. The summed E-state index contributed by atoms with van der Waals surface area (Å²) >= 11 is 0. The summed E-state index contributed by atoms with van der Waals surface area (Å²) in [6.07, 6.45) is 0. The molecule has 2 nitrogen and oxygen atoms in total. The fourth-order valence-electron chi connectivity index (χ4n) is 2.46. The van der Waals surface area contributed by atoms with Gasteiger partial charge in [-0.05, 0) is 0 Å². The molecule has 0 aromatic heterocycles. The average molecular weight is 372 g/mol. The van der Waals surface area contributed by atoms with Crippen molar-refractivity contribution in [1.82, 2.24) is 0 Å². The molecule has 0 fully saturated rings. The Hall–Kier alpha value is -2.85. The van der Waals surface area contributed by atoms with Crippen molar-refractivity contribution < 1.29 is 49.7 Å². The SMILES string of the molecule is Oc1c(F)c(OF)c(F)c2c1c(F)c(F)c1c(F)c(F)c(F)c(F)c12. The minimum absolute atomic E-state index is 1.66. The third-order valence-electron chi connectivity index (χ3n) is 3.54. The summed E-state index contributed by atoms with van der Waals surface area (Å²) in [6.45, 7) is 0. The Kier molecular flexibility index (Phi) is 3.62. The molecule has 132 valence electrons. The standard InChI is InChI=1S/C14HF9O2/c15-5-1-2-4(13(24)12(22)14(25-23)9(2)19)8(18)6(16)3(1)7(17)11(21)10(5)20/h24H. The van der Waals surface area contributed by atoms with Gasteiger partial charge in [0.1, 0.15) is 0 Å². The van der Waals surface area contributed by atoms with E-state index in [1.165, 1.54) is 0 Å². The lowest BCUT2D eigenvalue weighted by atomic mass is 9.97. The Morgan fingerprint density at radius 2 is 0.880 bits per heavy atom. The van der Waals surface area contributed by atoms with E-state index in [2.05, 4.69) is 4.94 Å². The van der Waals surface area contributed by atoms with E-state index in [0.29, 0.717) is 0 Å². The third-order valence-corrected chi connectivity index (χ3v) is 3.54. The fourth-order valence-corrected chi connectivity index (χ4v) is 2.46. The molecule has 0 aliphatic carbocycles. The summed E-state index contributed by atoms with van der Waals surface area (Å²) in [7, 11) is 0. The van der Waals surface area contributed by atoms with Gasteiger partial charge in [0.05, 0.1) is 10.8 Å². The highest BCUT2D eigenvalue weighted by Gasteiger charge is 2.33. The zero-order valence-electron chi connectivity index (χ0n) is 11.3. The minimum atomic E-state index is -2.53. The van der Waals surface area contributed by atoms with Crippen LogP contribution >= 0.6 is 0 Å². The predicted molar refractivity (Wildman–Crippen MR) is 64.5 cm³/mol. The molecule has 0 aliphatic rings. The molecule has 25 heavy (non-hydrogen) atoms. The summed E-state index contributed by atoms with van der Waals surface area (Å²) < 4.78 is 122. The number of hydrogen-bond donors (Lipinski definition) is 1. The number of halogens is 9. The van der Waals surface area contributed by atoms with Gasteiger partial charge in [0.15, 0.2) is 46.5 Å². The third kappa shape index (κ3) is 1.94. The van der Waals surface area contributed by atoms with Crippen LogP contribution in [0, 0.1) is 46.5 Å². The number of benzene rings is 3. The van der Waals surface area contributed by atoms with E-state index in [1.54, 1.807) is 0 Å². The first kappa shape index (κ1) is 17.0. The Bertz CT molecular complexity index is 1080. The van der Waals surface area contributed by atoms with Gasteiger partial charge >= 0.3 is 0 Å². The lowest BCUT2D eigenvalue weighted by Gasteiger charge is -2.14. The highest BCUT2D eigenvalue weighted by molar-refractivity contribution is 6.11. The van der Waals surface area contributed by atoms with Gasteiger partial charge in [0, 0.05) is 15.3 Å². The molecule has 0 bridgehead atoms. The monoisotopic (exact) mass is 372 g/mol. The van der Waals surface area contributed by atoms with E-state index in [4.69, 9.17) is 0 Å². The average Bonchev–Trinajstić information content (AvgIpc) is 2.58. The van der Waals surface area contributed by atoms with E-state index in [9.17, 15) is 44.8 Å². The summed E-state index contributed by atoms with van der Waals surface area (Å²) in [5.74, 6) is -22.9. The molecule has 0 radical (unpaired) electrons. The van der Waals surface area contributed by atoms with Crippen molar-refractivity contribution in [2.75, 3.05) is 0 Å². The maximum atomic E-state index is 14.2. The zero-order chi connectivity index (χ0) is 18.8. The molecular weight excluding hydrogens is 371 g/mol. The molecule has 0 aliphatic heterocycles. The van der Waals surface area contributed by atoms with E-state index < -0.39 is 79.6 Å². The molecule has 1 N–H and O–H groups in total. The fraction of sp³-hybridized carbons (Fsp3) is 0. The molecule has 3 aromatic carbocycles. The van der Waals surface area contributed by atoms with Crippen LogP contribution in [-0.2, 0) is 0 Å². The van der Waals surface area contributed by atoms with Gasteiger partial charge in [-0.15, -0.1) is 0 Å². The normalized spacial score (nSPS) is 11.6. The first-order chi connectivity index (χ1) is 11.6. The zero-order valence-corrected chi connectivity index (χ0v) is 11.3. The first-order valence-corrected chi connectivity index (χ1v) is 6.09. The topological polar surface area (TPSA) is 29.5 Å².